The van der Waals surface area contributed by atoms with E-state index in [0.29, 0.717) is 23.9 Å². The van der Waals surface area contributed by atoms with Crippen LogP contribution in [0.1, 0.15) is 53.0 Å². The topological polar surface area (TPSA) is 72.3 Å². The summed E-state index contributed by atoms with van der Waals surface area (Å²) in [6.07, 6.45) is 8.34. The van der Waals surface area contributed by atoms with Gasteiger partial charge in [0, 0.05) is 17.8 Å². The lowest BCUT2D eigenvalue weighted by atomic mass is 9.64. The van der Waals surface area contributed by atoms with E-state index < -0.39 is 5.97 Å². The summed E-state index contributed by atoms with van der Waals surface area (Å²) in [5.74, 6) is 1.92. The van der Waals surface area contributed by atoms with E-state index in [9.17, 15) is 9.90 Å². The van der Waals surface area contributed by atoms with Gasteiger partial charge in [0.2, 0.25) is 0 Å². The Kier molecular flexibility index (Phi) is 4.74. The Morgan fingerprint density at radius 1 is 1.00 bits per heavy atom. The molecule has 1 N–H and O–H groups in total. The standard InChI is InChI=1S/C25H24N2O3/c28-24(29)18-3-6-19(7-4-18)25(15-17-2-5-21(25)14-17)20-8-10-22(11-9-20)30-16-23-26-12-1-13-27-23/h1,3-4,6-13,17,21H,2,5,14-16H2,(H,28,29)/t17?,21-,25+/m1/s1. The van der Waals surface area contributed by atoms with Crippen molar-refractivity contribution in [3.05, 3.63) is 89.5 Å². The van der Waals surface area contributed by atoms with E-state index in [0.717, 1.165) is 18.1 Å². The molecule has 0 amide bonds. The van der Waals surface area contributed by atoms with Crippen molar-refractivity contribution >= 4 is 5.97 Å². The Labute approximate surface area is 175 Å². The molecule has 3 aromatic rings. The van der Waals surface area contributed by atoms with Crippen LogP contribution in [0.3, 0.4) is 0 Å². The van der Waals surface area contributed by atoms with Gasteiger partial charge in [-0.15, -0.1) is 0 Å². The Morgan fingerprint density at radius 2 is 1.67 bits per heavy atom. The summed E-state index contributed by atoms with van der Waals surface area (Å²) in [5.41, 5.74) is 2.82. The molecule has 2 aromatic carbocycles. The maximum atomic E-state index is 11.3. The molecule has 0 spiro atoms. The summed E-state index contributed by atoms with van der Waals surface area (Å²) >= 11 is 0. The quantitative estimate of drug-likeness (QED) is 0.640. The van der Waals surface area contributed by atoms with Gasteiger partial charge in [0.05, 0.1) is 5.56 Å². The third-order valence-corrected chi connectivity index (χ3v) is 6.85. The van der Waals surface area contributed by atoms with Gasteiger partial charge in [-0.05, 0) is 72.6 Å². The zero-order valence-corrected chi connectivity index (χ0v) is 16.7. The van der Waals surface area contributed by atoms with Crippen molar-refractivity contribution in [1.82, 2.24) is 9.97 Å². The number of carboxylic acid groups (broad SMARTS) is 1. The van der Waals surface area contributed by atoms with Crippen molar-refractivity contribution in [2.45, 2.75) is 37.7 Å². The van der Waals surface area contributed by atoms with Gasteiger partial charge in [0.25, 0.3) is 0 Å². The van der Waals surface area contributed by atoms with Crippen LogP contribution in [-0.4, -0.2) is 21.0 Å². The second-order valence-electron chi connectivity index (χ2n) is 8.41. The van der Waals surface area contributed by atoms with Crippen LogP contribution >= 0.6 is 0 Å². The lowest BCUT2D eigenvalue weighted by Gasteiger charge is -2.39. The normalized spacial score (nSPS) is 24.7. The van der Waals surface area contributed by atoms with Gasteiger partial charge in [-0.3, -0.25) is 0 Å². The number of hydrogen-bond acceptors (Lipinski definition) is 4. The molecule has 1 aromatic heterocycles. The van der Waals surface area contributed by atoms with Crippen LogP contribution in [0.4, 0.5) is 0 Å². The molecule has 2 aliphatic carbocycles. The smallest absolute Gasteiger partial charge is 0.335 e. The van der Waals surface area contributed by atoms with Crippen LogP contribution in [0.25, 0.3) is 0 Å². The van der Waals surface area contributed by atoms with E-state index in [1.165, 1.54) is 30.4 Å². The van der Waals surface area contributed by atoms with E-state index in [4.69, 9.17) is 4.74 Å². The molecule has 0 saturated heterocycles. The number of benzene rings is 2. The minimum atomic E-state index is -0.882. The molecule has 2 saturated carbocycles. The fourth-order valence-electron chi connectivity index (χ4n) is 5.51. The van der Waals surface area contributed by atoms with Crippen LogP contribution in [0.5, 0.6) is 5.75 Å². The van der Waals surface area contributed by atoms with Crippen molar-refractivity contribution in [3.63, 3.8) is 0 Å². The zero-order valence-electron chi connectivity index (χ0n) is 16.7. The van der Waals surface area contributed by atoms with Crippen molar-refractivity contribution in [1.29, 1.82) is 0 Å². The molecule has 1 heterocycles. The van der Waals surface area contributed by atoms with Gasteiger partial charge in [-0.2, -0.15) is 0 Å². The average Bonchev–Trinajstić information content (AvgIpc) is 3.41. The van der Waals surface area contributed by atoms with E-state index in [1.54, 1.807) is 30.6 Å². The van der Waals surface area contributed by atoms with Crippen LogP contribution in [0.2, 0.25) is 0 Å². The molecular weight excluding hydrogens is 376 g/mol. The highest BCUT2D eigenvalue weighted by Crippen LogP contribution is 2.60. The van der Waals surface area contributed by atoms with Gasteiger partial charge in [-0.1, -0.05) is 30.7 Å². The van der Waals surface area contributed by atoms with E-state index in [-0.39, 0.29) is 5.41 Å². The van der Waals surface area contributed by atoms with Gasteiger partial charge in [-0.25, -0.2) is 14.8 Å². The predicted molar refractivity (Wildman–Crippen MR) is 112 cm³/mol. The highest BCUT2D eigenvalue weighted by Gasteiger charge is 2.52. The molecule has 152 valence electrons. The second-order valence-corrected chi connectivity index (χ2v) is 8.41. The molecule has 3 atom stereocenters. The molecule has 1 unspecified atom stereocenters. The SMILES string of the molecule is O=C(O)c1ccc([C@]2(c3ccc(OCc4ncccn4)cc3)CC3CC[C@@H]2C3)cc1. The number of hydrogen-bond donors (Lipinski definition) is 1. The van der Waals surface area contributed by atoms with E-state index in [1.807, 2.05) is 24.3 Å². The first-order valence-corrected chi connectivity index (χ1v) is 10.5. The average molecular weight is 400 g/mol. The molecule has 5 heteroatoms. The maximum Gasteiger partial charge on any atom is 0.335 e. The van der Waals surface area contributed by atoms with Crippen molar-refractivity contribution in [3.8, 4) is 5.75 Å². The van der Waals surface area contributed by atoms with E-state index in [2.05, 4.69) is 22.1 Å². The first-order chi connectivity index (χ1) is 14.6. The molecule has 2 bridgehead atoms. The van der Waals surface area contributed by atoms with Crippen molar-refractivity contribution in [2.24, 2.45) is 11.8 Å². The fourth-order valence-corrected chi connectivity index (χ4v) is 5.51. The summed E-state index contributed by atoms with van der Waals surface area (Å²) in [6.45, 7) is 0.340. The highest BCUT2D eigenvalue weighted by atomic mass is 16.5. The highest BCUT2D eigenvalue weighted by molar-refractivity contribution is 5.87. The third-order valence-electron chi connectivity index (χ3n) is 6.85. The largest absolute Gasteiger partial charge is 0.486 e. The molecule has 0 aliphatic heterocycles. The fraction of sp³-hybridized carbons (Fsp3) is 0.320. The maximum absolute atomic E-state index is 11.3. The van der Waals surface area contributed by atoms with Gasteiger partial charge < -0.3 is 9.84 Å². The number of rotatable bonds is 6. The Morgan fingerprint density at radius 3 is 2.23 bits per heavy atom. The van der Waals surface area contributed by atoms with Crippen LogP contribution < -0.4 is 4.74 Å². The molecule has 30 heavy (non-hydrogen) atoms. The van der Waals surface area contributed by atoms with E-state index >= 15 is 0 Å². The molecule has 5 rings (SSSR count). The molecule has 5 nitrogen and oxygen atoms in total. The van der Waals surface area contributed by atoms with Gasteiger partial charge in [0.15, 0.2) is 5.82 Å². The summed E-state index contributed by atoms with van der Waals surface area (Å²) in [5, 5.41) is 9.27. The first kappa shape index (κ1) is 18.8. The molecule has 2 fully saturated rings. The number of carbonyl (C=O) groups is 1. The lowest BCUT2D eigenvalue weighted by Crippen LogP contribution is -2.34. The van der Waals surface area contributed by atoms with Crippen LogP contribution in [0.15, 0.2) is 67.0 Å². The van der Waals surface area contributed by atoms with Crippen LogP contribution in [0, 0.1) is 11.8 Å². The van der Waals surface area contributed by atoms with Gasteiger partial charge >= 0.3 is 5.97 Å². The number of carboxylic acids is 1. The summed E-state index contributed by atoms with van der Waals surface area (Å²) in [6, 6.07) is 17.7. The van der Waals surface area contributed by atoms with Crippen molar-refractivity contribution < 1.29 is 14.6 Å². The Hall–Kier alpha value is -3.21. The summed E-state index contributed by atoms with van der Waals surface area (Å²) in [4.78, 5) is 19.7. The number of aromatic nitrogens is 2. The number of ether oxygens (including phenoxy) is 1. The Bertz CT molecular complexity index is 1030. The second kappa shape index (κ2) is 7.56. The first-order valence-electron chi connectivity index (χ1n) is 10.5. The van der Waals surface area contributed by atoms with Crippen molar-refractivity contribution in [2.75, 3.05) is 0 Å². The third kappa shape index (κ3) is 3.24. The molecule has 0 radical (unpaired) electrons. The van der Waals surface area contributed by atoms with Crippen LogP contribution in [-0.2, 0) is 12.0 Å². The van der Waals surface area contributed by atoms with Gasteiger partial charge in [0.1, 0.15) is 12.4 Å². The monoisotopic (exact) mass is 400 g/mol. The predicted octanol–water partition coefficient (Wildman–Crippen LogP) is 4.86. The number of aromatic carboxylic acids is 1. The Balaban J connectivity index is 1.43. The minimum absolute atomic E-state index is 0.0407. The molecular formula is C25H24N2O3. The zero-order chi connectivity index (χ0) is 20.6. The number of fused-ring (bicyclic) bond motifs is 2. The minimum Gasteiger partial charge on any atom is -0.486 e. The molecule has 2 aliphatic rings. The lowest BCUT2D eigenvalue weighted by molar-refractivity contribution is 0.0697. The number of nitrogens with zero attached hydrogens (tertiary/aromatic N) is 2. The summed E-state index contributed by atoms with van der Waals surface area (Å²) in [7, 11) is 0. The summed E-state index contributed by atoms with van der Waals surface area (Å²) < 4.78 is 5.86.